The zero-order valence-corrected chi connectivity index (χ0v) is 12.4. The Morgan fingerprint density at radius 2 is 1.90 bits per heavy atom. The van der Waals surface area contributed by atoms with Gasteiger partial charge in [-0.15, -0.1) is 0 Å². The molecule has 1 aliphatic rings. The number of amides is 1. The summed E-state index contributed by atoms with van der Waals surface area (Å²) in [6.45, 7) is 4.78. The van der Waals surface area contributed by atoms with E-state index in [0.29, 0.717) is 6.54 Å². The van der Waals surface area contributed by atoms with Crippen LogP contribution in [0.15, 0.2) is 48.5 Å². The third-order valence-electron chi connectivity index (χ3n) is 4.16. The van der Waals surface area contributed by atoms with E-state index in [2.05, 4.69) is 29.7 Å². The molecule has 108 valence electrons. The largest absolute Gasteiger partial charge is 0.384 e. The third-order valence-corrected chi connectivity index (χ3v) is 4.16. The number of hydrogen-bond acceptors (Lipinski definition) is 2. The molecule has 3 rings (SSSR count). The fraction of sp³-hybridized carbons (Fsp3) is 0.278. The second kappa shape index (κ2) is 5.60. The summed E-state index contributed by atoms with van der Waals surface area (Å²) >= 11 is 0. The molecule has 0 aliphatic carbocycles. The van der Waals surface area contributed by atoms with Gasteiger partial charge < -0.3 is 10.6 Å². The molecule has 1 amide bonds. The SMILES string of the molecule is Cc1ccccc1[C@@H](C)NC(=O)C1CNc2ccccc21. The highest BCUT2D eigenvalue weighted by molar-refractivity contribution is 5.88. The number of fused-ring (bicyclic) bond motifs is 1. The van der Waals surface area contributed by atoms with Crippen LogP contribution in [0, 0.1) is 6.92 Å². The Labute approximate surface area is 125 Å². The fourth-order valence-corrected chi connectivity index (χ4v) is 2.98. The number of para-hydroxylation sites is 1. The topological polar surface area (TPSA) is 41.1 Å². The maximum Gasteiger partial charge on any atom is 0.229 e. The summed E-state index contributed by atoms with van der Waals surface area (Å²) in [4.78, 5) is 12.6. The van der Waals surface area contributed by atoms with Crippen molar-refractivity contribution >= 4 is 11.6 Å². The van der Waals surface area contributed by atoms with Crippen molar-refractivity contribution < 1.29 is 4.79 Å². The lowest BCUT2D eigenvalue weighted by atomic mass is 9.98. The highest BCUT2D eigenvalue weighted by Gasteiger charge is 2.29. The van der Waals surface area contributed by atoms with Crippen LogP contribution >= 0.6 is 0 Å². The number of carbonyl (C=O) groups is 1. The van der Waals surface area contributed by atoms with Crippen molar-refractivity contribution in [1.29, 1.82) is 0 Å². The summed E-state index contributed by atoms with van der Waals surface area (Å²) in [5.41, 5.74) is 4.54. The van der Waals surface area contributed by atoms with Crippen LogP contribution in [0.4, 0.5) is 5.69 Å². The number of benzene rings is 2. The number of anilines is 1. The average molecular weight is 280 g/mol. The molecule has 2 atom stereocenters. The van der Waals surface area contributed by atoms with Gasteiger partial charge in [-0.05, 0) is 36.6 Å². The van der Waals surface area contributed by atoms with Crippen LogP contribution in [0.5, 0.6) is 0 Å². The Balaban J connectivity index is 1.75. The summed E-state index contributed by atoms with van der Waals surface area (Å²) in [7, 11) is 0. The first-order valence-electron chi connectivity index (χ1n) is 7.35. The molecule has 0 aromatic heterocycles. The first-order valence-corrected chi connectivity index (χ1v) is 7.35. The lowest BCUT2D eigenvalue weighted by Crippen LogP contribution is -2.32. The van der Waals surface area contributed by atoms with E-state index in [1.165, 1.54) is 11.1 Å². The van der Waals surface area contributed by atoms with E-state index in [9.17, 15) is 4.79 Å². The molecular weight excluding hydrogens is 260 g/mol. The van der Waals surface area contributed by atoms with Gasteiger partial charge in [0.25, 0.3) is 0 Å². The van der Waals surface area contributed by atoms with Gasteiger partial charge in [0.1, 0.15) is 0 Å². The fourth-order valence-electron chi connectivity index (χ4n) is 2.98. The first kappa shape index (κ1) is 13.7. The van der Waals surface area contributed by atoms with Crippen LogP contribution in [-0.4, -0.2) is 12.5 Å². The summed E-state index contributed by atoms with van der Waals surface area (Å²) in [6, 6.07) is 16.2. The molecule has 0 saturated heterocycles. The molecule has 0 fully saturated rings. The number of aryl methyl sites for hydroxylation is 1. The number of nitrogens with one attached hydrogen (secondary N) is 2. The van der Waals surface area contributed by atoms with Gasteiger partial charge >= 0.3 is 0 Å². The molecule has 1 heterocycles. The minimum Gasteiger partial charge on any atom is -0.384 e. The first-order chi connectivity index (χ1) is 10.2. The van der Waals surface area contributed by atoms with Crippen molar-refractivity contribution in [3.8, 4) is 0 Å². The minimum absolute atomic E-state index is 0.0199. The second-order valence-electron chi connectivity index (χ2n) is 5.61. The van der Waals surface area contributed by atoms with Crippen molar-refractivity contribution in [2.45, 2.75) is 25.8 Å². The number of rotatable bonds is 3. The van der Waals surface area contributed by atoms with Gasteiger partial charge in [0.2, 0.25) is 5.91 Å². The maximum atomic E-state index is 12.6. The summed E-state index contributed by atoms with van der Waals surface area (Å²) in [5.74, 6) is -0.0177. The van der Waals surface area contributed by atoms with E-state index < -0.39 is 0 Å². The van der Waals surface area contributed by atoms with Gasteiger partial charge in [0, 0.05) is 12.2 Å². The second-order valence-corrected chi connectivity index (χ2v) is 5.61. The standard InChI is InChI=1S/C18H20N2O/c1-12-7-3-4-8-14(12)13(2)20-18(21)16-11-19-17-10-6-5-9-15(16)17/h3-10,13,16,19H,11H2,1-2H3,(H,20,21)/t13-,16?/m1/s1. The van der Waals surface area contributed by atoms with Gasteiger partial charge in [-0.1, -0.05) is 42.5 Å². The van der Waals surface area contributed by atoms with Crippen LogP contribution in [0.25, 0.3) is 0 Å². The Kier molecular flexibility index (Phi) is 3.65. The van der Waals surface area contributed by atoms with Gasteiger partial charge in [-0.2, -0.15) is 0 Å². The smallest absolute Gasteiger partial charge is 0.229 e. The molecule has 21 heavy (non-hydrogen) atoms. The average Bonchev–Trinajstić information content (AvgIpc) is 2.91. The van der Waals surface area contributed by atoms with E-state index in [0.717, 1.165) is 11.3 Å². The monoisotopic (exact) mass is 280 g/mol. The normalized spacial score (nSPS) is 17.7. The molecule has 0 spiro atoms. The third kappa shape index (κ3) is 2.64. The molecule has 1 aliphatic heterocycles. The number of carbonyl (C=O) groups excluding carboxylic acids is 1. The van der Waals surface area contributed by atoms with E-state index in [4.69, 9.17) is 0 Å². The highest BCUT2D eigenvalue weighted by Crippen LogP contribution is 2.31. The van der Waals surface area contributed by atoms with Crippen LogP contribution in [0.3, 0.4) is 0 Å². The highest BCUT2D eigenvalue weighted by atomic mass is 16.2. The molecule has 0 bridgehead atoms. The van der Waals surface area contributed by atoms with E-state index in [1.54, 1.807) is 0 Å². The Hall–Kier alpha value is -2.29. The van der Waals surface area contributed by atoms with Crippen molar-refractivity contribution in [3.63, 3.8) is 0 Å². The molecule has 2 aromatic rings. The summed E-state index contributed by atoms with van der Waals surface area (Å²) in [5, 5.41) is 6.44. The van der Waals surface area contributed by atoms with Gasteiger partial charge in [-0.3, -0.25) is 4.79 Å². The van der Waals surface area contributed by atoms with Crippen LogP contribution < -0.4 is 10.6 Å². The molecule has 2 N–H and O–H groups in total. The maximum absolute atomic E-state index is 12.6. The molecule has 3 nitrogen and oxygen atoms in total. The summed E-state index contributed by atoms with van der Waals surface area (Å²) in [6.07, 6.45) is 0. The zero-order chi connectivity index (χ0) is 14.8. The predicted molar refractivity (Wildman–Crippen MR) is 85.4 cm³/mol. The molecule has 0 saturated carbocycles. The van der Waals surface area contributed by atoms with E-state index in [-0.39, 0.29) is 17.9 Å². The van der Waals surface area contributed by atoms with E-state index in [1.807, 2.05) is 43.3 Å². The van der Waals surface area contributed by atoms with Gasteiger partial charge in [0.15, 0.2) is 0 Å². The number of hydrogen-bond donors (Lipinski definition) is 2. The molecule has 0 radical (unpaired) electrons. The minimum atomic E-state index is -0.104. The zero-order valence-electron chi connectivity index (χ0n) is 12.4. The molecular formula is C18H20N2O. The van der Waals surface area contributed by atoms with Crippen LogP contribution in [0.2, 0.25) is 0 Å². The quantitative estimate of drug-likeness (QED) is 0.905. The van der Waals surface area contributed by atoms with Crippen molar-refractivity contribution in [1.82, 2.24) is 5.32 Å². The van der Waals surface area contributed by atoms with Crippen LogP contribution in [0.1, 0.15) is 35.6 Å². The predicted octanol–water partition coefficient (Wildman–Crippen LogP) is 3.38. The van der Waals surface area contributed by atoms with Crippen LogP contribution in [-0.2, 0) is 4.79 Å². The molecule has 1 unspecified atom stereocenters. The molecule has 2 aromatic carbocycles. The van der Waals surface area contributed by atoms with Crippen molar-refractivity contribution in [2.24, 2.45) is 0 Å². The lowest BCUT2D eigenvalue weighted by Gasteiger charge is -2.19. The molecule has 3 heteroatoms. The Morgan fingerprint density at radius 1 is 1.19 bits per heavy atom. The van der Waals surface area contributed by atoms with Crippen molar-refractivity contribution in [2.75, 3.05) is 11.9 Å². The Bertz CT molecular complexity index is 666. The van der Waals surface area contributed by atoms with Crippen molar-refractivity contribution in [3.05, 3.63) is 65.2 Å². The van der Waals surface area contributed by atoms with E-state index >= 15 is 0 Å². The lowest BCUT2D eigenvalue weighted by molar-refractivity contribution is -0.122. The van der Waals surface area contributed by atoms with Gasteiger partial charge in [-0.25, -0.2) is 0 Å². The van der Waals surface area contributed by atoms with Gasteiger partial charge in [0.05, 0.1) is 12.0 Å². The Morgan fingerprint density at radius 3 is 2.71 bits per heavy atom. The summed E-state index contributed by atoms with van der Waals surface area (Å²) < 4.78 is 0.